The lowest BCUT2D eigenvalue weighted by Crippen LogP contribution is -2.18. The number of methoxy groups -OCH3 is 1. The molecule has 0 radical (unpaired) electrons. The van der Waals surface area contributed by atoms with E-state index < -0.39 is 0 Å². The molecular formula is C18H11ClN4O2S. The highest BCUT2D eigenvalue weighted by Gasteiger charge is 2.16. The van der Waals surface area contributed by atoms with Crippen LogP contribution in [0.1, 0.15) is 5.56 Å². The highest BCUT2D eigenvalue weighted by Crippen LogP contribution is 2.30. The predicted molar refractivity (Wildman–Crippen MR) is 99.2 cm³/mol. The second-order valence-corrected chi connectivity index (χ2v) is 6.81. The molecule has 0 fully saturated rings. The summed E-state index contributed by atoms with van der Waals surface area (Å²) < 4.78 is 13.5. The summed E-state index contributed by atoms with van der Waals surface area (Å²) in [7, 11) is 1.60. The molecule has 26 heavy (non-hydrogen) atoms. The highest BCUT2D eigenvalue weighted by atomic mass is 35.5. The van der Waals surface area contributed by atoms with Gasteiger partial charge < -0.3 is 9.47 Å². The SMILES string of the molecule is COc1ccc2c(c1)sc1nc(Oc3ccc(Cl)cc3)c(C#N)c(=N)n12. The number of nitrogens with zero attached hydrogens (tertiary/aromatic N) is 3. The first-order valence-corrected chi connectivity index (χ1v) is 8.71. The molecule has 0 aliphatic carbocycles. The van der Waals surface area contributed by atoms with Crippen molar-refractivity contribution in [3.05, 3.63) is 58.5 Å². The Bertz CT molecular complexity index is 1240. The van der Waals surface area contributed by atoms with Gasteiger partial charge in [0.2, 0.25) is 5.88 Å². The van der Waals surface area contributed by atoms with E-state index in [1.165, 1.54) is 11.3 Å². The quantitative estimate of drug-likeness (QED) is 0.570. The van der Waals surface area contributed by atoms with Gasteiger partial charge in [0.05, 0.1) is 17.3 Å². The molecule has 0 amide bonds. The predicted octanol–water partition coefficient (Wildman–Crippen LogP) is 4.35. The minimum atomic E-state index is 0.0258. The Balaban J connectivity index is 1.94. The lowest BCUT2D eigenvalue weighted by atomic mass is 10.3. The van der Waals surface area contributed by atoms with Crippen molar-refractivity contribution < 1.29 is 9.47 Å². The average Bonchev–Trinajstić information content (AvgIpc) is 3.01. The summed E-state index contributed by atoms with van der Waals surface area (Å²) in [5, 5.41) is 18.6. The number of aromatic nitrogens is 2. The molecular weight excluding hydrogens is 372 g/mol. The van der Waals surface area contributed by atoms with Crippen LogP contribution in [0.3, 0.4) is 0 Å². The first kappa shape index (κ1) is 16.4. The van der Waals surface area contributed by atoms with Crippen LogP contribution in [0, 0.1) is 16.7 Å². The molecule has 0 saturated heterocycles. The monoisotopic (exact) mass is 382 g/mol. The van der Waals surface area contributed by atoms with Crippen molar-refractivity contribution in [2.24, 2.45) is 0 Å². The smallest absolute Gasteiger partial charge is 0.243 e. The number of nitriles is 1. The number of hydrogen-bond donors (Lipinski definition) is 1. The largest absolute Gasteiger partial charge is 0.497 e. The number of benzene rings is 2. The van der Waals surface area contributed by atoms with Crippen LogP contribution in [-0.4, -0.2) is 16.5 Å². The molecule has 0 unspecified atom stereocenters. The Morgan fingerprint density at radius 3 is 2.62 bits per heavy atom. The maximum absolute atomic E-state index is 9.53. The molecule has 4 rings (SSSR count). The fourth-order valence-corrected chi connectivity index (χ4v) is 3.74. The summed E-state index contributed by atoms with van der Waals surface area (Å²) in [6, 6.07) is 14.3. The number of rotatable bonds is 3. The summed E-state index contributed by atoms with van der Waals surface area (Å²) in [6.07, 6.45) is 0. The molecule has 2 heterocycles. The van der Waals surface area contributed by atoms with Crippen LogP contribution in [0.5, 0.6) is 17.4 Å². The highest BCUT2D eigenvalue weighted by molar-refractivity contribution is 7.23. The molecule has 0 aliphatic heterocycles. The maximum atomic E-state index is 9.53. The third kappa shape index (κ3) is 2.65. The van der Waals surface area contributed by atoms with Crippen LogP contribution >= 0.6 is 22.9 Å². The topological polar surface area (TPSA) is 83.4 Å². The fourth-order valence-electron chi connectivity index (χ4n) is 2.57. The molecule has 2 aromatic carbocycles. The van der Waals surface area contributed by atoms with Crippen molar-refractivity contribution in [1.82, 2.24) is 9.38 Å². The third-order valence-electron chi connectivity index (χ3n) is 3.81. The van der Waals surface area contributed by atoms with E-state index in [1.807, 2.05) is 24.3 Å². The van der Waals surface area contributed by atoms with Crippen LogP contribution in [-0.2, 0) is 0 Å². The molecule has 2 aromatic heterocycles. The Labute approximate surface area is 156 Å². The zero-order valence-corrected chi connectivity index (χ0v) is 15.1. The number of ether oxygens (including phenoxy) is 2. The normalized spacial score (nSPS) is 10.8. The Kier molecular flexibility index (Phi) is 3.99. The van der Waals surface area contributed by atoms with Gasteiger partial charge in [0, 0.05) is 5.02 Å². The summed E-state index contributed by atoms with van der Waals surface area (Å²) >= 11 is 7.27. The Hall–Kier alpha value is -3.08. The molecule has 0 atom stereocenters. The molecule has 8 heteroatoms. The Morgan fingerprint density at radius 1 is 1.19 bits per heavy atom. The van der Waals surface area contributed by atoms with Gasteiger partial charge in [-0.05, 0) is 42.5 Å². The van der Waals surface area contributed by atoms with Crippen LogP contribution in [0.4, 0.5) is 0 Å². The van der Waals surface area contributed by atoms with Gasteiger partial charge in [-0.2, -0.15) is 10.2 Å². The van der Waals surface area contributed by atoms with E-state index in [0.717, 1.165) is 10.2 Å². The second kappa shape index (κ2) is 6.33. The first-order valence-electron chi connectivity index (χ1n) is 7.52. The molecule has 1 N–H and O–H groups in total. The standard InChI is InChI=1S/C18H11ClN4O2S/c1-24-12-6-7-14-15(8-12)26-18-22-17(13(9-20)16(21)23(14)18)25-11-4-2-10(19)3-5-11/h2-8,21H,1H3. The van der Waals surface area contributed by atoms with Crippen LogP contribution in [0.2, 0.25) is 5.02 Å². The number of halogens is 1. The zero-order chi connectivity index (χ0) is 18.3. The average molecular weight is 383 g/mol. The molecule has 128 valence electrons. The van der Waals surface area contributed by atoms with Crippen molar-refractivity contribution in [3.8, 4) is 23.4 Å². The molecule has 0 saturated carbocycles. The minimum Gasteiger partial charge on any atom is -0.497 e. The third-order valence-corrected chi connectivity index (χ3v) is 5.07. The second-order valence-electron chi connectivity index (χ2n) is 5.36. The van der Waals surface area contributed by atoms with E-state index >= 15 is 0 Å². The van der Waals surface area contributed by atoms with Crippen LogP contribution in [0.25, 0.3) is 15.2 Å². The van der Waals surface area contributed by atoms with Gasteiger partial charge in [-0.25, -0.2) is 0 Å². The van der Waals surface area contributed by atoms with Gasteiger partial charge in [0.1, 0.15) is 17.6 Å². The van der Waals surface area contributed by atoms with Gasteiger partial charge in [-0.3, -0.25) is 9.81 Å². The Morgan fingerprint density at radius 2 is 1.92 bits per heavy atom. The van der Waals surface area contributed by atoms with Gasteiger partial charge >= 0.3 is 0 Å². The molecule has 0 bridgehead atoms. The van der Waals surface area contributed by atoms with Crippen molar-refractivity contribution >= 4 is 38.1 Å². The van der Waals surface area contributed by atoms with Gasteiger partial charge in [0.15, 0.2) is 16.0 Å². The van der Waals surface area contributed by atoms with Crippen molar-refractivity contribution in [3.63, 3.8) is 0 Å². The van der Waals surface area contributed by atoms with Crippen LogP contribution < -0.4 is 15.0 Å². The van der Waals surface area contributed by atoms with E-state index in [9.17, 15) is 5.26 Å². The van der Waals surface area contributed by atoms with E-state index in [1.54, 1.807) is 35.8 Å². The summed E-state index contributed by atoms with van der Waals surface area (Å²) in [5.41, 5.74) is 0.878. The van der Waals surface area contributed by atoms with Gasteiger partial charge in [-0.15, -0.1) is 0 Å². The van der Waals surface area contributed by atoms with Crippen molar-refractivity contribution in [2.75, 3.05) is 7.11 Å². The summed E-state index contributed by atoms with van der Waals surface area (Å²) in [4.78, 5) is 5.02. The van der Waals surface area contributed by atoms with E-state index in [-0.39, 0.29) is 16.9 Å². The lowest BCUT2D eigenvalue weighted by molar-refractivity contribution is 0.415. The van der Waals surface area contributed by atoms with Crippen LogP contribution in [0.15, 0.2) is 42.5 Å². The van der Waals surface area contributed by atoms with E-state index in [2.05, 4.69) is 4.98 Å². The zero-order valence-electron chi connectivity index (χ0n) is 13.5. The number of thiazole rings is 1. The summed E-state index contributed by atoms with van der Waals surface area (Å²) in [5.74, 6) is 1.30. The first-order chi connectivity index (χ1) is 12.6. The molecule has 4 aromatic rings. The maximum Gasteiger partial charge on any atom is 0.243 e. The minimum absolute atomic E-state index is 0.0258. The summed E-state index contributed by atoms with van der Waals surface area (Å²) in [6.45, 7) is 0. The van der Waals surface area contributed by atoms with Crippen molar-refractivity contribution in [2.45, 2.75) is 0 Å². The van der Waals surface area contributed by atoms with Crippen molar-refractivity contribution in [1.29, 1.82) is 10.7 Å². The number of fused-ring (bicyclic) bond motifs is 3. The van der Waals surface area contributed by atoms with E-state index in [0.29, 0.717) is 21.5 Å². The molecule has 0 aliphatic rings. The molecule has 6 nitrogen and oxygen atoms in total. The number of nitrogens with one attached hydrogen (secondary N) is 1. The molecule has 0 spiro atoms. The number of hydrogen-bond acceptors (Lipinski definition) is 6. The van der Waals surface area contributed by atoms with Gasteiger partial charge in [0.25, 0.3) is 0 Å². The van der Waals surface area contributed by atoms with Gasteiger partial charge in [-0.1, -0.05) is 22.9 Å². The fraction of sp³-hybridized carbons (Fsp3) is 0.0556. The lowest BCUT2D eigenvalue weighted by Gasteiger charge is -2.07. The van der Waals surface area contributed by atoms with E-state index in [4.69, 9.17) is 26.5 Å².